The van der Waals surface area contributed by atoms with Crippen LogP contribution >= 0.6 is 0 Å². The average molecular weight is 891 g/mol. The van der Waals surface area contributed by atoms with E-state index < -0.39 is 6.10 Å². The number of carbonyl (C=O) groups is 3. The lowest BCUT2D eigenvalue weighted by molar-refractivity contribution is -0.167. The van der Waals surface area contributed by atoms with Gasteiger partial charge in [0.15, 0.2) is 6.10 Å². The van der Waals surface area contributed by atoms with Crippen LogP contribution in [0, 0.1) is 0 Å². The highest BCUT2D eigenvalue weighted by Gasteiger charge is 2.19. The van der Waals surface area contributed by atoms with Crippen LogP contribution < -0.4 is 0 Å². The maximum absolute atomic E-state index is 12.8. The normalized spacial score (nSPS) is 12.7. The molecule has 0 aliphatic rings. The van der Waals surface area contributed by atoms with Crippen LogP contribution in [0.15, 0.2) is 85.1 Å². The molecule has 0 saturated carbocycles. The Kier molecular flexibility index (Phi) is 49.4. The lowest BCUT2D eigenvalue weighted by Gasteiger charge is -2.18. The van der Waals surface area contributed by atoms with Crippen molar-refractivity contribution in [1.82, 2.24) is 0 Å². The number of unbranched alkanes of at least 4 members (excludes halogenated alkanes) is 22. The monoisotopic (exact) mass is 891 g/mol. The molecule has 0 N–H and O–H groups in total. The van der Waals surface area contributed by atoms with E-state index in [1.54, 1.807) is 0 Å². The second-order valence-corrected chi connectivity index (χ2v) is 17.4. The van der Waals surface area contributed by atoms with E-state index in [4.69, 9.17) is 14.2 Å². The standard InChI is InChI=1S/C58H98O6/c1-4-7-10-13-16-19-22-25-28-29-31-33-36-39-42-45-48-51-57(60)63-54-55(53-62-56(59)50-47-44-41-38-35-32-27-24-21-18-15-12-9-6-3)64-58(61)52-49-46-43-40-37-34-30-26-23-20-17-14-11-8-5-2/h7,10,16,19,24-28,30-31,33,39,42,55H,4-6,8-9,11-15,17-18,20-23,29,32,34-38,40-41,43-54H2,1-3H3/b10-7-,19-16-,27-24-,28-25-,30-26-,33-31-,42-39-/t55-/m1/s1. The number of esters is 3. The Morgan fingerprint density at radius 3 is 1.03 bits per heavy atom. The van der Waals surface area contributed by atoms with E-state index in [-0.39, 0.29) is 37.5 Å². The van der Waals surface area contributed by atoms with Gasteiger partial charge in [-0.05, 0) is 109 Å². The van der Waals surface area contributed by atoms with Crippen molar-refractivity contribution in [3.05, 3.63) is 85.1 Å². The lowest BCUT2D eigenvalue weighted by atomic mass is 10.1. The van der Waals surface area contributed by atoms with Gasteiger partial charge in [0.05, 0.1) is 0 Å². The number of carbonyl (C=O) groups excluding carboxylic acids is 3. The van der Waals surface area contributed by atoms with Crippen LogP contribution in [0.4, 0.5) is 0 Å². The van der Waals surface area contributed by atoms with Crippen molar-refractivity contribution in [3.63, 3.8) is 0 Å². The van der Waals surface area contributed by atoms with Crippen molar-refractivity contribution < 1.29 is 28.6 Å². The van der Waals surface area contributed by atoms with Gasteiger partial charge in [0.25, 0.3) is 0 Å². The predicted molar refractivity (Wildman–Crippen MR) is 274 cm³/mol. The first kappa shape index (κ1) is 60.6. The summed E-state index contributed by atoms with van der Waals surface area (Å²) in [6.07, 6.45) is 67.1. The molecule has 64 heavy (non-hydrogen) atoms. The van der Waals surface area contributed by atoms with Gasteiger partial charge in [0, 0.05) is 19.3 Å². The highest BCUT2D eigenvalue weighted by molar-refractivity contribution is 5.71. The highest BCUT2D eigenvalue weighted by atomic mass is 16.6. The number of hydrogen-bond donors (Lipinski definition) is 0. The first-order valence-corrected chi connectivity index (χ1v) is 26.6. The molecular weight excluding hydrogens is 793 g/mol. The van der Waals surface area contributed by atoms with E-state index in [1.807, 2.05) is 0 Å². The lowest BCUT2D eigenvalue weighted by Crippen LogP contribution is -2.30. The van der Waals surface area contributed by atoms with Crippen molar-refractivity contribution in [3.8, 4) is 0 Å². The summed E-state index contributed by atoms with van der Waals surface area (Å²) >= 11 is 0. The molecule has 0 rings (SSSR count). The summed E-state index contributed by atoms with van der Waals surface area (Å²) in [4.78, 5) is 38.0. The molecular formula is C58H98O6. The Morgan fingerprint density at radius 1 is 0.328 bits per heavy atom. The van der Waals surface area contributed by atoms with Crippen LogP contribution in [-0.2, 0) is 28.6 Å². The highest BCUT2D eigenvalue weighted by Crippen LogP contribution is 2.13. The first-order valence-electron chi connectivity index (χ1n) is 26.6. The first-order chi connectivity index (χ1) is 31.5. The van der Waals surface area contributed by atoms with Gasteiger partial charge in [-0.25, -0.2) is 0 Å². The smallest absolute Gasteiger partial charge is 0.306 e. The van der Waals surface area contributed by atoms with Crippen molar-refractivity contribution in [2.45, 2.75) is 252 Å². The SMILES string of the molecule is CC/C=C\C/C=C\C/C=C\C/C=C\C/C=C\CCCC(=O)OC[C@@H](COC(=O)CCCCCCC/C=C\CCCCCCC)OC(=O)CCCCCCC/C=C\CCCCCCCC. The molecule has 6 nitrogen and oxygen atoms in total. The summed E-state index contributed by atoms with van der Waals surface area (Å²) in [7, 11) is 0. The number of rotatable bonds is 47. The van der Waals surface area contributed by atoms with Crippen LogP contribution in [0.3, 0.4) is 0 Å². The summed E-state index contributed by atoms with van der Waals surface area (Å²) in [5.74, 6) is -0.978. The van der Waals surface area contributed by atoms with Gasteiger partial charge in [0.1, 0.15) is 13.2 Å². The molecule has 0 radical (unpaired) electrons. The fraction of sp³-hybridized carbons (Fsp3) is 0.707. The summed E-state index contributed by atoms with van der Waals surface area (Å²) in [5, 5.41) is 0. The fourth-order valence-corrected chi connectivity index (χ4v) is 7.11. The molecule has 1 atom stereocenters. The minimum atomic E-state index is -0.807. The topological polar surface area (TPSA) is 78.9 Å². The summed E-state index contributed by atoms with van der Waals surface area (Å²) in [5.41, 5.74) is 0. The van der Waals surface area contributed by atoms with Crippen molar-refractivity contribution in [2.24, 2.45) is 0 Å². The number of allylic oxidation sites excluding steroid dienone is 14. The molecule has 0 aliphatic carbocycles. The van der Waals surface area contributed by atoms with Crippen LogP contribution in [0.2, 0.25) is 0 Å². The van der Waals surface area contributed by atoms with Crippen LogP contribution in [0.1, 0.15) is 245 Å². The third-order valence-electron chi connectivity index (χ3n) is 11.1. The van der Waals surface area contributed by atoms with Gasteiger partial charge in [-0.15, -0.1) is 0 Å². The van der Waals surface area contributed by atoms with Crippen molar-refractivity contribution >= 4 is 17.9 Å². The summed E-state index contributed by atoms with van der Waals surface area (Å²) < 4.78 is 16.8. The Bertz CT molecular complexity index is 1250. The average Bonchev–Trinajstić information content (AvgIpc) is 3.29. The predicted octanol–water partition coefficient (Wildman–Crippen LogP) is 17.6. The zero-order valence-electron chi connectivity index (χ0n) is 41.8. The van der Waals surface area contributed by atoms with Gasteiger partial charge in [-0.3, -0.25) is 14.4 Å². The third-order valence-corrected chi connectivity index (χ3v) is 11.1. The zero-order chi connectivity index (χ0) is 46.5. The van der Waals surface area contributed by atoms with Gasteiger partial charge in [-0.1, -0.05) is 202 Å². The molecule has 0 unspecified atom stereocenters. The van der Waals surface area contributed by atoms with Crippen LogP contribution in [0.5, 0.6) is 0 Å². The Labute approximate surface area is 395 Å². The third kappa shape index (κ3) is 49.6. The van der Waals surface area contributed by atoms with E-state index in [2.05, 4.69) is 106 Å². The molecule has 0 fully saturated rings. The van der Waals surface area contributed by atoms with E-state index >= 15 is 0 Å². The second-order valence-electron chi connectivity index (χ2n) is 17.4. The van der Waals surface area contributed by atoms with Gasteiger partial charge < -0.3 is 14.2 Å². The zero-order valence-corrected chi connectivity index (χ0v) is 41.8. The number of hydrogen-bond acceptors (Lipinski definition) is 6. The molecule has 0 spiro atoms. The Morgan fingerprint density at radius 2 is 0.625 bits per heavy atom. The summed E-state index contributed by atoms with van der Waals surface area (Å²) in [6.45, 7) is 6.45. The van der Waals surface area contributed by atoms with E-state index in [9.17, 15) is 14.4 Å². The fourth-order valence-electron chi connectivity index (χ4n) is 7.11. The van der Waals surface area contributed by atoms with Crippen LogP contribution in [-0.4, -0.2) is 37.2 Å². The Balaban J connectivity index is 4.50. The molecule has 0 aromatic rings. The van der Waals surface area contributed by atoms with Gasteiger partial charge in [-0.2, -0.15) is 0 Å². The minimum Gasteiger partial charge on any atom is -0.462 e. The van der Waals surface area contributed by atoms with E-state index in [0.717, 1.165) is 103 Å². The minimum absolute atomic E-state index is 0.102. The van der Waals surface area contributed by atoms with E-state index in [1.165, 1.54) is 96.3 Å². The quantitative estimate of drug-likeness (QED) is 0.0262. The van der Waals surface area contributed by atoms with Crippen LogP contribution in [0.25, 0.3) is 0 Å². The molecule has 0 saturated heterocycles. The van der Waals surface area contributed by atoms with Gasteiger partial charge in [0.2, 0.25) is 0 Å². The van der Waals surface area contributed by atoms with Gasteiger partial charge >= 0.3 is 17.9 Å². The maximum atomic E-state index is 12.8. The second kappa shape index (κ2) is 52.2. The molecule has 6 heteroatoms. The Hall–Kier alpha value is -3.41. The summed E-state index contributed by atoms with van der Waals surface area (Å²) in [6, 6.07) is 0. The molecule has 0 aromatic carbocycles. The van der Waals surface area contributed by atoms with Crippen molar-refractivity contribution in [1.29, 1.82) is 0 Å². The maximum Gasteiger partial charge on any atom is 0.306 e. The molecule has 0 aromatic heterocycles. The van der Waals surface area contributed by atoms with E-state index in [0.29, 0.717) is 19.3 Å². The molecule has 0 heterocycles. The van der Waals surface area contributed by atoms with Crippen molar-refractivity contribution in [2.75, 3.05) is 13.2 Å². The molecule has 366 valence electrons. The number of ether oxygens (including phenoxy) is 3. The largest absolute Gasteiger partial charge is 0.462 e. The molecule has 0 bridgehead atoms. The molecule has 0 aliphatic heterocycles. The molecule has 0 amide bonds.